The SMILES string of the molecule is CCC(C)C(N)C(=O)NC(CS)C(=O)N1CCCC1C(=O)NC(C(=O)O)C(C)CC. The molecule has 5 N–H and O–H groups in total. The molecular weight excluding hydrogens is 408 g/mol. The quantitative estimate of drug-likeness (QED) is 0.292. The highest BCUT2D eigenvalue weighted by molar-refractivity contribution is 7.80. The minimum absolute atomic E-state index is 0.0421. The lowest BCUT2D eigenvalue weighted by molar-refractivity contribution is -0.145. The number of hydrogen-bond acceptors (Lipinski definition) is 6. The summed E-state index contributed by atoms with van der Waals surface area (Å²) in [6.45, 7) is 7.75. The molecule has 10 heteroatoms. The first kappa shape index (κ1) is 26.2. The van der Waals surface area contributed by atoms with Crippen LogP contribution in [0.2, 0.25) is 0 Å². The van der Waals surface area contributed by atoms with Gasteiger partial charge in [0, 0.05) is 12.3 Å². The van der Waals surface area contributed by atoms with Crippen molar-refractivity contribution >= 4 is 36.3 Å². The van der Waals surface area contributed by atoms with Crippen molar-refractivity contribution in [2.45, 2.75) is 77.5 Å². The van der Waals surface area contributed by atoms with Crippen LogP contribution in [0.3, 0.4) is 0 Å². The minimum Gasteiger partial charge on any atom is -0.480 e. The standard InChI is InChI=1S/C20H36N4O5S/c1-5-11(3)15(21)18(26)22-13(10-30)19(27)24-9-7-8-14(24)17(25)23-16(20(28)29)12(4)6-2/h11-16,30H,5-10,21H2,1-4H3,(H,22,26)(H,23,25)(H,28,29). The Morgan fingerprint density at radius 3 is 2.23 bits per heavy atom. The van der Waals surface area contributed by atoms with E-state index in [2.05, 4.69) is 23.3 Å². The van der Waals surface area contributed by atoms with Gasteiger partial charge in [-0.15, -0.1) is 0 Å². The monoisotopic (exact) mass is 444 g/mol. The van der Waals surface area contributed by atoms with Crippen LogP contribution in [0.4, 0.5) is 0 Å². The first-order valence-corrected chi connectivity index (χ1v) is 11.2. The maximum atomic E-state index is 13.0. The number of carbonyl (C=O) groups is 4. The summed E-state index contributed by atoms with van der Waals surface area (Å²) in [4.78, 5) is 51.1. The van der Waals surface area contributed by atoms with Gasteiger partial charge in [0.2, 0.25) is 17.7 Å². The Balaban J connectivity index is 2.87. The van der Waals surface area contributed by atoms with E-state index in [1.165, 1.54) is 4.90 Å². The molecule has 6 atom stereocenters. The molecule has 1 aliphatic heterocycles. The number of hydrogen-bond donors (Lipinski definition) is 5. The zero-order valence-electron chi connectivity index (χ0n) is 18.3. The molecule has 0 bridgehead atoms. The summed E-state index contributed by atoms with van der Waals surface area (Å²) in [5.74, 6) is -2.67. The number of carboxylic acid groups (broad SMARTS) is 1. The molecule has 3 amide bonds. The van der Waals surface area contributed by atoms with Crippen LogP contribution >= 0.6 is 12.6 Å². The van der Waals surface area contributed by atoms with Crippen molar-refractivity contribution in [3.63, 3.8) is 0 Å². The van der Waals surface area contributed by atoms with Crippen LogP contribution in [0, 0.1) is 11.8 Å². The lowest BCUT2D eigenvalue weighted by Crippen LogP contribution is -2.58. The van der Waals surface area contributed by atoms with Crippen molar-refractivity contribution in [2.75, 3.05) is 12.3 Å². The van der Waals surface area contributed by atoms with E-state index in [1.807, 2.05) is 20.8 Å². The second-order valence-corrected chi connectivity index (χ2v) is 8.42. The van der Waals surface area contributed by atoms with Crippen molar-refractivity contribution in [2.24, 2.45) is 17.6 Å². The second kappa shape index (κ2) is 12.1. The maximum absolute atomic E-state index is 13.0. The summed E-state index contributed by atoms with van der Waals surface area (Å²) in [5, 5.41) is 14.6. The number of nitrogens with one attached hydrogen (secondary N) is 2. The van der Waals surface area contributed by atoms with E-state index in [-0.39, 0.29) is 17.6 Å². The molecule has 6 unspecified atom stereocenters. The van der Waals surface area contributed by atoms with E-state index in [0.29, 0.717) is 25.8 Å². The van der Waals surface area contributed by atoms with Gasteiger partial charge in [-0.05, 0) is 24.7 Å². The van der Waals surface area contributed by atoms with E-state index >= 15 is 0 Å². The molecular formula is C20H36N4O5S. The third-order valence-corrected chi connectivity index (χ3v) is 6.34. The number of aliphatic carboxylic acids is 1. The Bertz CT molecular complexity index is 632. The molecule has 0 aromatic rings. The summed E-state index contributed by atoms with van der Waals surface area (Å²) >= 11 is 4.19. The Hall–Kier alpha value is -1.81. The van der Waals surface area contributed by atoms with Crippen LogP contribution in [-0.2, 0) is 19.2 Å². The third-order valence-electron chi connectivity index (χ3n) is 5.97. The van der Waals surface area contributed by atoms with Gasteiger partial charge in [-0.1, -0.05) is 40.5 Å². The number of amides is 3. The average Bonchev–Trinajstić information content (AvgIpc) is 3.22. The van der Waals surface area contributed by atoms with Crippen LogP contribution in [0.1, 0.15) is 53.4 Å². The van der Waals surface area contributed by atoms with E-state index in [9.17, 15) is 24.3 Å². The lowest BCUT2D eigenvalue weighted by atomic mass is 9.98. The summed E-state index contributed by atoms with van der Waals surface area (Å²) in [6, 6.07) is -3.44. The highest BCUT2D eigenvalue weighted by Crippen LogP contribution is 2.20. The number of likely N-dealkylation sites (tertiary alicyclic amines) is 1. The first-order chi connectivity index (χ1) is 14.1. The predicted molar refractivity (Wildman–Crippen MR) is 117 cm³/mol. The fraction of sp³-hybridized carbons (Fsp3) is 0.800. The van der Waals surface area contributed by atoms with Gasteiger partial charge >= 0.3 is 5.97 Å². The summed E-state index contributed by atoms with van der Waals surface area (Å²) < 4.78 is 0. The molecule has 172 valence electrons. The molecule has 0 saturated carbocycles. The lowest BCUT2D eigenvalue weighted by Gasteiger charge is -2.30. The van der Waals surface area contributed by atoms with Crippen LogP contribution in [0.25, 0.3) is 0 Å². The van der Waals surface area contributed by atoms with E-state index in [0.717, 1.165) is 6.42 Å². The number of carbonyl (C=O) groups excluding carboxylic acids is 3. The average molecular weight is 445 g/mol. The Labute approximate surface area is 183 Å². The fourth-order valence-electron chi connectivity index (χ4n) is 3.40. The van der Waals surface area contributed by atoms with Crippen LogP contribution in [0.15, 0.2) is 0 Å². The van der Waals surface area contributed by atoms with Crippen molar-refractivity contribution in [1.82, 2.24) is 15.5 Å². The molecule has 1 fully saturated rings. The van der Waals surface area contributed by atoms with Gasteiger partial charge in [-0.25, -0.2) is 4.79 Å². The molecule has 0 spiro atoms. The topological polar surface area (TPSA) is 142 Å². The van der Waals surface area contributed by atoms with Crippen molar-refractivity contribution in [3.8, 4) is 0 Å². The molecule has 0 aliphatic carbocycles. The summed E-state index contributed by atoms with van der Waals surface area (Å²) in [7, 11) is 0. The first-order valence-electron chi connectivity index (χ1n) is 10.6. The fourth-order valence-corrected chi connectivity index (χ4v) is 3.65. The zero-order valence-corrected chi connectivity index (χ0v) is 19.2. The van der Waals surface area contributed by atoms with Gasteiger partial charge in [-0.3, -0.25) is 14.4 Å². The molecule has 30 heavy (non-hydrogen) atoms. The Morgan fingerprint density at radius 1 is 1.13 bits per heavy atom. The number of nitrogens with zero attached hydrogens (tertiary/aromatic N) is 1. The summed E-state index contributed by atoms with van der Waals surface area (Å²) in [6.07, 6.45) is 2.37. The molecule has 0 radical (unpaired) electrons. The highest BCUT2D eigenvalue weighted by atomic mass is 32.1. The molecule has 0 aromatic heterocycles. The van der Waals surface area contributed by atoms with Crippen molar-refractivity contribution < 1.29 is 24.3 Å². The Kier molecular flexibility index (Phi) is 10.6. The largest absolute Gasteiger partial charge is 0.480 e. The second-order valence-electron chi connectivity index (χ2n) is 8.05. The molecule has 9 nitrogen and oxygen atoms in total. The highest BCUT2D eigenvalue weighted by Gasteiger charge is 2.39. The zero-order chi connectivity index (χ0) is 23.0. The van der Waals surface area contributed by atoms with Crippen LogP contribution < -0.4 is 16.4 Å². The van der Waals surface area contributed by atoms with Gasteiger partial charge < -0.3 is 26.4 Å². The van der Waals surface area contributed by atoms with Crippen LogP contribution in [-0.4, -0.2) is 70.2 Å². The van der Waals surface area contributed by atoms with Crippen molar-refractivity contribution in [3.05, 3.63) is 0 Å². The van der Waals surface area contributed by atoms with Crippen molar-refractivity contribution in [1.29, 1.82) is 0 Å². The van der Waals surface area contributed by atoms with E-state index < -0.39 is 47.9 Å². The maximum Gasteiger partial charge on any atom is 0.326 e. The number of nitrogens with two attached hydrogens (primary N) is 1. The van der Waals surface area contributed by atoms with Gasteiger partial charge in [0.15, 0.2) is 0 Å². The predicted octanol–water partition coefficient (Wildman–Crippen LogP) is 0.381. The number of rotatable bonds is 11. The minimum atomic E-state index is -1.10. The van der Waals surface area contributed by atoms with Crippen LogP contribution in [0.5, 0.6) is 0 Å². The van der Waals surface area contributed by atoms with Gasteiger partial charge in [0.25, 0.3) is 0 Å². The van der Waals surface area contributed by atoms with Gasteiger partial charge in [0.05, 0.1) is 6.04 Å². The van der Waals surface area contributed by atoms with E-state index in [1.54, 1.807) is 6.92 Å². The van der Waals surface area contributed by atoms with E-state index in [4.69, 9.17) is 5.73 Å². The molecule has 1 aliphatic rings. The third kappa shape index (κ3) is 6.60. The molecule has 0 aromatic carbocycles. The Morgan fingerprint density at radius 2 is 1.73 bits per heavy atom. The normalized spacial score (nSPS) is 21.3. The smallest absolute Gasteiger partial charge is 0.326 e. The number of thiol groups is 1. The molecule has 1 rings (SSSR count). The summed E-state index contributed by atoms with van der Waals surface area (Å²) in [5.41, 5.74) is 5.95. The molecule has 1 saturated heterocycles. The van der Waals surface area contributed by atoms with Gasteiger partial charge in [-0.2, -0.15) is 12.6 Å². The van der Waals surface area contributed by atoms with Gasteiger partial charge in [0.1, 0.15) is 18.1 Å². The number of carboxylic acids is 1. The molecule has 1 heterocycles.